The molecule has 2 saturated heterocycles. The van der Waals surface area contributed by atoms with E-state index in [1.54, 1.807) is 12.0 Å². The van der Waals surface area contributed by atoms with Crippen LogP contribution in [0.5, 0.6) is 0 Å². The van der Waals surface area contributed by atoms with E-state index in [0.29, 0.717) is 13.0 Å². The van der Waals surface area contributed by atoms with Gasteiger partial charge in [-0.3, -0.25) is 9.59 Å². The number of carbonyl (C=O) groups is 2. The van der Waals surface area contributed by atoms with E-state index in [9.17, 15) is 9.59 Å². The number of fused-ring (bicyclic) bond motifs is 1. The number of unbranched alkanes of at least 4 members (excludes halogenated alkanes) is 1. The van der Waals surface area contributed by atoms with Crippen molar-refractivity contribution >= 4 is 11.8 Å². The Labute approximate surface area is 114 Å². The van der Waals surface area contributed by atoms with Crippen molar-refractivity contribution in [2.45, 2.75) is 44.6 Å². The Hall–Kier alpha value is -1.10. The van der Waals surface area contributed by atoms with Gasteiger partial charge in [-0.2, -0.15) is 0 Å². The van der Waals surface area contributed by atoms with Gasteiger partial charge in [-0.05, 0) is 32.1 Å². The molecule has 0 aliphatic carbocycles. The summed E-state index contributed by atoms with van der Waals surface area (Å²) in [6.07, 6.45) is 5.30. The highest BCUT2D eigenvalue weighted by Gasteiger charge is 2.37. The van der Waals surface area contributed by atoms with E-state index < -0.39 is 0 Å². The minimum absolute atomic E-state index is 0.150. The first-order valence-electron chi connectivity index (χ1n) is 7.31. The topological polar surface area (TPSA) is 49.9 Å². The van der Waals surface area contributed by atoms with Crippen LogP contribution in [0, 0.1) is 0 Å². The molecule has 0 N–H and O–H groups in total. The Morgan fingerprint density at radius 1 is 1.21 bits per heavy atom. The fourth-order valence-electron chi connectivity index (χ4n) is 2.95. The van der Waals surface area contributed by atoms with Crippen LogP contribution in [0.15, 0.2) is 0 Å². The molecule has 19 heavy (non-hydrogen) atoms. The predicted octanol–water partition coefficient (Wildman–Crippen LogP) is 1.03. The zero-order valence-corrected chi connectivity index (χ0v) is 11.8. The number of methoxy groups -OCH3 is 1. The molecular formula is C14H24N2O3. The third-order valence-corrected chi connectivity index (χ3v) is 4.04. The maximum absolute atomic E-state index is 12.5. The molecule has 0 spiro atoms. The third-order valence-electron chi connectivity index (χ3n) is 4.04. The van der Waals surface area contributed by atoms with Crippen molar-refractivity contribution in [1.29, 1.82) is 0 Å². The minimum atomic E-state index is -0.189. The average Bonchev–Trinajstić information content (AvgIpc) is 2.56. The van der Waals surface area contributed by atoms with Crippen LogP contribution in [-0.2, 0) is 14.3 Å². The number of carbonyl (C=O) groups excluding carboxylic acids is 2. The van der Waals surface area contributed by atoms with E-state index in [-0.39, 0.29) is 17.9 Å². The molecule has 0 aromatic heterocycles. The number of ether oxygens (including phenoxy) is 1. The Bertz CT molecular complexity index is 333. The lowest BCUT2D eigenvalue weighted by molar-refractivity contribution is -0.143. The van der Waals surface area contributed by atoms with Crippen molar-refractivity contribution in [2.75, 3.05) is 33.4 Å². The maximum Gasteiger partial charge on any atom is 0.245 e. The first-order valence-corrected chi connectivity index (χ1v) is 7.31. The minimum Gasteiger partial charge on any atom is -0.385 e. The summed E-state index contributed by atoms with van der Waals surface area (Å²) in [5.41, 5.74) is 0. The lowest BCUT2D eigenvalue weighted by Gasteiger charge is -2.34. The molecule has 0 saturated carbocycles. The van der Waals surface area contributed by atoms with Crippen molar-refractivity contribution in [3.05, 3.63) is 0 Å². The van der Waals surface area contributed by atoms with Gasteiger partial charge in [0.05, 0.1) is 0 Å². The summed E-state index contributed by atoms with van der Waals surface area (Å²) < 4.78 is 5.02. The largest absolute Gasteiger partial charge is 0.385 e. The quantitative estimate of drug-likeness (QED) is 0.700. The summed E-state index contributed by atoms with van der Waals surface area (Å²) in [5.74, 6) is 0.306. The summed E-state index contributed by atoms with van der Waals surface area (Å²) in [5, 5.41) is 0. The predicted molar refractivity (Wildman–Crippen MR) is 71.7 cm³/mol. The molecule has 2 heterocycles. The standard InChI is InChI=1S/C14H24N2O3/c1-19-11-5-4-8-15-10-7-13(17)16-9-3-2-6-12(16)14(15)18/h12H,2-11H2,1H3. The van der Waals surface area contributed by atoms with E-state index in [4.69, 9.17) is 4.74 Å². The summed E-state index contributed by atoms with van der Waals surface area (Å²) >= 11 is 0. The molecule has 2 amide bonds. The van der Waals surface area contributed by atoms with E-state index in [1.807, 2.05) is 4.90 Å². The molecular weight excluding hydrogens is 244 g/mol. The first kappa shape index (κ1) is 14.3. The van der Waals surface area contributed by atoms with Gasteiger partial charge in [0.1, 0.15) is 6.04 Å². The molecule has 0 radical (unpaired) electrons. The number of hydrogen-bond donors (Lipinski definition) is 0. The zero-order chi connectivity index (χ0) is 13.7. The van der Waals surface area contributed by atoms with Crippen molar-refractivity contribution in [3.63, 3.8) is 0 Å². The van der Waals surface area contributed by atoms with Gasteiger partial charge in [-0.1, -0.05) is 0 Å². The monoisotopic (exact) mass is 268 g/mol. The molecule has 5 heteroatoms. The van der Waals surface area contributed by atoms with Gasteiger partial charge in [0.15, 0.2) is 0 Å². The van der Waals surface area contributed by atoms with Gasteiger partial charge >= 0.3 is 0 Å². The normalized spacial score (nSPS) is 24.4. The van der Waals surface area contributed by atoms with Gasteiger partial charge in [0, 0.05) is 39.8 Å². The number of hydrogen-bond acceptors (Lipinski definition) is 3. The molecule has 5 nitrogen and oxygen atoms in total. The summed E-state index contributed by atoms with van der Waals surface area (Å²) in [6, 6.07) is -0.189. The number of nitrogens with zero attached hydrogens (tertiary/aromatic N) is 2. The molecule has 1 atom stereocenters. The Morgan fingerprint density at radius 3 is 2.84 bits per heavy atom. The van der Waals surface area contributed by atoms with E-state index >= 15 is 0 Å². The second-order valence-corrected chi connectivity index (χ2v) is 5.37. The van der Waals surface area contributed by atoms with Gasteiger partial charge < -0.3 is 14.5 Å². The van der Waals surface area contributed by atoms with Crippen LogP contribution in [0.1, 0.15) is 38.5 Å². The van der Waals surface area contributed by atoms with Gasteiger partial charge in [0.2, 0.25) is 11.8 Å². The maximum atomic E-state index is 12.5. The molecule has 0 bridgehead atoms. The first-order chi connectivity index (χ1) is 9.24. The molecule has 108 valence electrons. The van der Waals surface area contributed by atoms with Crippen LogP contribution in [-0.4, -0.2) is 61.0 Å². The van der Waals surface area contributed by atoms with E-state index in [0.717, 1.165) is 51.8 Å². The van der Waals surface area contributed by atoms with Gasteiger partial charge in [-0.15, -0.1) is 0 Å². The Kier molecular flexibility index (Phi) is 5.19. The molecule has 2 aliphatic rings. The Balaban J connectivity index is 1.94. The number of rotatable bonds is 5. The van der Waals surface area contributed by atoms with Gasteiger partial charge in [-0.25, -0.2) is 0 Å². The summed E-state index contributed by atoms with van der Waals surface area (Å²) in [6.45, 7) is 2.82. The fourth-order valence-corrected chi connectivity index (χ4v) is 2.95. The molecule has 0 aromatic rings. The molecule has 0 aromatic carbocycles. The van der Waals surface area contributed by atoms with Crippen molar-refractivity contribution in [3.8, 4) is 0 Å². The van der Waals surface area contributed by atoms with Crippen LogP contribution < -0.4 is 0 Å². The lowest BCUT2D eigenvalue weighted by atomic mass is 10.0. The highest BCUT2D eigenvalue weighted by molar-refractivity contribution is 5.90. The smallest absolute Gasteiger partial charge is 0.245 e. The Morgan fingerprint density at radius 2 is 2.05 bits per heavy atom. The molecule has 1 unspecified atom stereocenters. The van der Waals surface area contributed by atoms with E-state index in [1.165, 1.54) is 0 Å². The number of piperidine rings is 1. The summed E-state index contributed by atoms with van der Waals surface area (Å²) in [4.78, 5) is 28.2. The van der Waals surface area contributed by atoms with Crippen LogP contribution in [0.4, 0.5) is 0 Å². The fraction of sp³-hybridized carbons (Fsp3) is 0.857. The highest BCUT2D eigenvalue weighted by Crippen LogP contribution is 2.23. The highest BCUT2D eigenvalue weighted by atomic mass is 16.5. The average molecular weight is 268 g/mol. The van der Waals surface area contributed by atoms with Crippen molar-refractivity contribution in [1.82, 2.24) is 9.80 Å². The van der Waals surface area contributed by atoms with Crippen LogP contribution in [0.25, 0.3) is 0 Å². The molecule has 2 rings (SSSR count). The van der Waals surface area contributed by atoms with Crippen LogP contribution in [0.3, 0.4) is 0 Å². The van der Waals surface area contributed by atoms with Crippen LogP contribution >= 0.6 is 0 Å². The number of amides is 2. The van der Waals surface area contributed by atoms with Crippen LogP contribution in [0.2, 0.25) is 0 Å². The molecule has 2 aliphatic heterocycles. The second-order valence-electron chi connectivity index (χ2n) is 5.37. The second kappa shape index (κ2) is 6.89. The van der Waals surface area contributed by atoms with E-state index in [2.05, 4.69) is 0 Å². The lowest BCUT2D eigenvalue weighted by Crippen LogP contribution is -2.49. The van der Waals surface area contributed by atoms with Crippen molar-refractivity contribution < 1.29 is 14.3 Å². The van der Waals surface area contributed by atoms with Gasteiger partial charge in [0.25, 0.3) is 0 Å². The molecule has 2 fully saturated rings. The SMILES string of the molecule is COCCCCN1CCC(=O)N2CCCCC2C1=O. The zero-order valence-electron chi connectivity index (χ0n) is 11.8. The van der Waals surface area contributed by atoms with Crippen molar-refractivity contribution in [2.24, 2.45) is 0 Å². The summed E-state index contributed by atoms with van der Waals surface area (Å²) in [7, 11) is 1.69. The third kappa shape index (κ3) is 3.47.